The molecule has 1 aromatic carbocycles. The topological polar surface area (TPSA) is 79.2 Å². The van der Waals surface area contributed by atoms with Crippen LogP contribution in [0.2, 0.25) is 0 Å². The number of benzene rings is 1. The van der Waals surface area contributed by atoms with Crippen molar-refractivity contribution in [3.05, 3.63) is 23.8 Å². The van der Waals surface area contributed by atoms with E-state index in [1.165, 1.54) is 12.1 Å². The second kappa shape index (κ2) is 6.43. The van der Waals surface area contributed by atoms with Crippen LogP contribution in [0.25, 0.3) is 0 Å². The van der Waals surface area contributed by atoms with Gasteiger partial charge in [0.15, 0.2) is 17.8 Å². The van der Waals surface area contributed by atoms with Gasteiger partial charge in [0.1, 0.15) is 6.10 Å². The lowest BCUT2D eigenvalue weighted by atomic mass is 9.95. The monoisotopic (exact) mass is 282 g/mol. The van der Waals surface area contributed by atoms with Gasteiger partial charge >= 0.3 is 0 Å². The molecule has 1 aromatic rings. The van der Waals surface area contributed by atoms with Crippen molar-refractivity contribution in [3.63, 3.8) is 0 Å². The number of aliphatic hydroxyl groups is 1. The predicted molar refractivity (Wildman–Crippen MR) is 73.6 cm³/mol. The third kappa shape index (κ3) is 3.62. The quantitative estimate of drug-likeness (QED) is 0.734. The van der Waals surface area contributed by atoms with Crippen LogP contribution in [0.4, 0.5) is 0 Å². The van der Waals surface area contributed by atoms with E-state index in [-0.39, 0.29) is 23.5 Å². The van der Waals surface area contributed by atoms with E-state index in [4.69, 9.17) is 9.47 Å². The van der Waals surface area contributed by atoms with Gasteiger partial charge in [0, 0.05) is 0 Å². The van der Waals surface area contributed by atoms with Gasteiger partial charge in [0.25, 0.3) is 0 Å². The first-order chi connectivity index (χ1) is 9.47. The summed E-state index contributed by atoms with van der Waals surface area (Å²) < 4.78 is 11.2. The highest BCUT2D eigenvalue weighted by Gasteiger charge is 2.33. The van der Waals surface area contributed by atoms with Crippen LogP contribution in [-0.2, 0) is 15.9 Å². The number of phenols is 2. The van der Waals surface area contributed by atoms with Gasteiger partial charge in [0.2, 0.25) is 0 Å². The van der Waals surface area contributed by atoms with Crippen molar-refractivity contribution in [1.82, 2.24) is 0 Å². The van der Waals surface area contributed by atoms with Crippen LogP contribution in [0.1, 0.15) is 25.8 Å². The summed E-state index contributed by atoms with van der Waals surface area (Å²) >= 11 is 0. The van der Waals surface area contributed by atoms with Crippen LogP contribution in [0.3, 0.4) is 0 Å². The summed E-state index contributed by atoms with van der Waals surface area (Å²) in [5, 5.41) is 28.6. The van der Waals surface area contributed by atoms with E-state index in [1.54, 1.807) is 6.07 Å². The Balaban J connectivity index is 1.84. The lowest BCUT2D eigenvalue weighted by Gasteiger charge is -2.36. The second-order valence-corrected chi connectivity index (χ2v) is 5.46. The lowest BCUT2D eigenvalue weighted by Crippen LogP contribution is -2.44. The highest BCUT2D eigenvalue weighted by Crippen LogP contribution is 2.27. The number of ether oxygens (including phenoxy) is 2. The normalized spacial score (nSPS) is 30.4. The summed E-state index contributed by atoms with van der Waals surface area (Å²) in [5.41, 5.74) is 0.853. The summed E-state index contributed by atoms with van der Waals surface area (Å²) in [4.78, 5) is 0. The molecule has 2 rings (SSSR count). The maximum atomic E-state index is 10.0. The first-order valence-corrected chi connectivity index (χ1v) is 6.93. The Morgan fingerprint density at radius 1 is 1.25 bits per heavy atom. The molecule has 1 fully saturated rings. The second-order valence-electron chi connectivity index (χ2n) is 5.46. The fourth-order valence-electron chi connectivity index (χ4n) is 2.45. The van der Waals surface area contributed by atoms with Gasteiger partial charge in [0.05, 0.1) is 12.7 Å². The molecule has 0 aliphatic carbocycles. The molecule has 20 heavy (non-hydrogen) atoms. The molecule has 1 saturated heterocycles. The lowest BCUT2D eigenvalue weighted by molar-refractivity contribution is -0.250. The van der Waals surface area contributed by atoms with Crippen molar-refractivity contribution < 1.29 is 24.8 Å². The van der Waals surface area contributed by atoms with Gasteiger partial charge in [-0.2, -0.15) is 0 Å². The minimum atomic E-state index is -0.612. The highest BCUT2D eigenvalue weighted by molar-refractivity contribution is 5.40. The molecule has 112 valence electrons. The number of hydrogen-bond acceptors (Lipinski definition) is 5. The van der Waals surface area contributed by atoms with Crippen LogP contribution in [0, 0.1) is 5.92 Å². The van der Waals surface area contributed by atoms with Crippen molar-refractivity contribution in [2.24, 2.45) is 5.92 Å². The SMILES string of the molecule is C[C@@H]1C[C@H](C)[C@@H](O)[C@H](OCCc2ccc(O)c(O)c2)O1. The van der Waals surface area contributed by atoms with Crippen molar-refractivity contribution in [2.75, 3.05) is 6.61 Å². The van der Waals surface area contributed by atoms with Gasteiger partial charge in [-0.05, 0) is 43.4 Å². The zero-order chi connectivity index (χ0) is 14.7. The number of aromatic hydroxyl groups is 2. The molecule has 0 aromatic heterocycles. The third-order valence-electron chi connectivity index (χ3n) is 3.64. The van der Waals surface area contributed by atoms with E-state index in [0.29, 0.717) is 13.0 Å². The predicted octanol–water partition coefficient (Wildman–Crippen LogP) is 1.79. The van der Waals surface area contributed by atoms with Crippen LogP contribution < -0.4 is 0 Å². The molecule has 0 saturated carbocycles. The molecule has 5 nitrogen and oxygen atoms in total. The molecule has 5 heteroatoms. The molecule has 1 aliphatic heterocycles. The molecule has 3 N–H and O–H groups in total. The molecular formula is C15H22O5. The van der Waals surface area contributed by atoms with E-state index < -0.39 is 12.4 Å². The summed E-state index contributed by atoms with van der Waals surface area (Å²) in [6.45, 7) is 4.33. The van der Waals surface area contributed by atoms with Gasteiger partial charge in [-0.3, -0.25) is 0 Å². The van der Waals surface area contributed by atoms with E-state index in [0.717, 1.165) is 12.0 Å². The average Bonchev–Trinajstić information content (AvgIpc) is 2.39. The van der Waals surface area contributed by atoms with Crippen LogP contribution in [0.15, 0.2) is 18.2 Å². The number of rotatable bonds is 4. The van der Waals surface area contributed by atoms with Crippen molar-refractivity contribution in [2.45, 2.75) is 45.2 Å². The van der Waals surface area contributed by atoms with Crippen LogP contribution >= 0.6 is 0 Å². The van der Waals surface area contributed by atoms with Gasteiger partial charge in [-0.25, -0.2) is 0 Å². The van der Waals surface area contributed by atoms with E-state index in [2.05, 4.69) is 0 Å². The Morgan fingerprint density at radius 2 is 2.00 bits per heavy atom. The summed E-state index contributed by atoms with van der Waals surface area (Å²) in [6.07, 6.45) is 0.269. The average molecular weight is 282 g/mol. The minimum Gasteiger partial charge on any atom is -0.504 e. The van der Waals surface area contributed by atoms with Crippen molar-refractivity contribution in [3.8, 4) is 11.5 Å². The van der Waals surface area contributed by atoms with Crippen molar-refractivity contribution >= 4 is 0 Å². The van der Waals surface area contributed by atoms with E-state index >= 15 is 0 Å². The van der Waals surface area contributed by atoms with E-state index in [1.807, 2.05) is 13.8 Å². The zero-order valence-corrected chi connectivity index (χ0v) is 11.8. The molecule has 0 spiro atoms. The van der Waals surface area contributed by atoms with Gasteiger partial charge in [-0.1, -0.05) is 13.0 Å². The molecule has 0 amide bonds. The Labute approximate surface area is 118 Å². The maximum absolute atomic E-state index is 10.0. The Morgan fingerprint density at radius 3 is 2.70 bits per heavy atom. The van der Waals surface area contributed by atoms with E-state index in [9.17, 15) is 15.3 Å². The summed E-state index contributed by atoms with van der Waals surface area (Å²) in [5.74, 6) is -0.122. The molecule has 0 bridgehead atoms. The molecule has 1 heterocycles. The first kappa shape index (κ1) is 15.1. The summed E-state index contributed by atoms with van der Waals surface area (Å²) in [7, 11) is 0. The molecular weight excluding hydrogens is 260 g/mol. The van der Waals surface area contributed by atoms with Gasteiger partial charge in [-0.15, -0.1) is 0 Å². The zero-order valence-electron chi connectivity index (χ0n) is 11.8. The number of aliphatic hydroxyl groups excluding tert-OH is 1. The number of hydrogen-bond donors (Lipinski definition) is 3. The molecule has 1 aliphatic rings. The highest BCUT2D eigenvalue weighted by atomic mass is 16.7. The Kier molecular flexibility index (Phi) is 4.86. The number of phenolic OH excluding ortho intramolecular Hbond substituents is 2. The standard InChI is InChI=1S/C15H22O5/c1-9-7-10(2)20-15(14(9)18)19-6-5-11-3-4-12(16)13(17)8-11/h3-4,8-10,14-18H,5-7H2,1-2H3/t9-,10+,14+,15+/m0/s1. The smallest absolute Gasteiger partial charge is 0.183 e. The fourth-order valence-corrected chi connectivity index (χ4v) is 2.45. The third-order valence-corrected chi connectivity index (χ3v) is 3.64. The summed E-state index contributed by atoms with van der Waals surface area (Å²) in [6, 6.07) is 4.67. The Hall–Kier alpha value is -1.30. The maximum Gasteiger partial charge on any atom is 0.183 e. The fraction of sp³-hybridized carbons (Fsp3) is 0.600. The molecule has 0 unspecified atom stereocenters. The van der Waals surface area contributed by atoms with Crippen LogP contribution in [0.5, 0.6) is 11.5 Å². The van der Waals surface area contributed by atoms with Crippen LogP contribution in [-0.4, -0.2) is 40.4 Å². The van der Waals surface area contributed by atoms with Crippen molar-refractivity contribution in [1.29, 1.82) is 0 Å². The largest absolute Gasteiger partial charge is 0.504 e. The van der Waals surface area contributed by atoms with Gasteiger partial charge < -0.3 is 24.8 Å². The minimum absolute atomic E-state index is 0.0797. The first-order valence-electron chi connectivity index (χ1n) is 6.93. The molecule has 0 radical (unpaired) electrons. The molecule has 4 atom stereocenters. The Bertz CT molecular complexity index is 448.